The Labute approximate surface area is 168 Å². The Hall–Kier alpha value is -2.98. The van der Waals surface area contributed by atoms with Gasteiger partial charge in [-0.15, -0.1) is 0 Å². The van der Waals surface area contributed by atoms with Crippen LogP contribution in [0.5, 0.6) is 5.75 Å². The minimum absolute atomic E-state index is 0.00734. The van der Waals surface area contributed by atoms with Crippen molar-refractivity contribution in [2.45, 2.75) is 44.7 Å². The second-order valence-corrected chi connectivity index (χ2v) is 8.31. The highest BCUT2D eigenvalue weighted by atomic mass is 32.2. The van der Waals surface area contributed by atoms with Gasteiger partial charge in [0.15, 0.2) is 5.75 Å². The largest absolute Gasteiger partial charge is 0.479 e. The highest BCUT2D eigenvalue weighted by molar-refractivity contribution is 7.89. The zero-order chi connectivity index (χ0) is 21.2. The fourth-order valence-corrected chi connectivity index (χ4v) is 3.58. The monoisotopic (exact) mass is 418 g/mol. The molecule has 0 saturated carbocycles. The van der Waals surface area contributed by atoms with E-state index in [9.17, 15) is 18.5 Å². The molecule has 0 unspecified atom stereocenters. The number of nitro groups is 1. The number of aryl methyl sites for hydroxylation is 2. The summed E-state index contributed by atoms with van der Waals surface area (Å²) in [6, 6.07) is 9.19. The van der Waals surface area contributed by atoms with Gasteiger partial charge in [0, 0.05) is 12.6 Å². The normalized spacial score (nSPS) is 11.7. The average molecular weight is 418 g/mol. The number of hydrogen-bond donors (Lipinski definition) is 1. The third kappa shape index (κ3) is 4.54. The van der Waals surface area contributed by atoms with E-state index in [1.807, 2.05) is 11.5 Å². The van der Waals surface area contributed by atoms with Crippen molar-refractivity contribution < 1.29 is 18.1 Å². The number of nitro benzene ring substituents is 1. The Bertz CT molecular complexity index is 1170. The van der Waals surface area contributed by atoms with E-state index < -0.39 is 14.9 Å². The van der Waals surface area contributed by atoms with Crippen LogP contribution in [0, 0.1) is 17.0 Å². The first-order chi connectivity index (χ1) is 13.7. The SMILES string of the molecule is CCCCn1c(COc2cc(C)ccc2[N+](=O)[O-])nc2cc(S(N)(=O)=O)ccc21. The molecule has 3 rings (SSSR count). The van der Waals surface area contributed by atoms with Crippen molar-refractivity contribution in [1.29, 1.82) is 0 Å². The van der Waals surface area contributed by atoms with Crippen LogP contribution in [0.15, 0.2) is 41.3 Å². The number of fused-ring (bicyclic) bond motifs is 1. The van der Waals surface area contributed by atoms with Gasteiger partial charge < -0.3 is 9.30 Å². The number of hydrogen-bond acceptors (Lipinski definition) is 6. The Morgan fingerprint density at radius 3 is 2.66 bits per heavy atom. The maximum absolute atomic E-state index is 11.6. The lowest BCUT2D eigenvalue weighted by Crippen LogP contribution is -2.11. The minimum Gasteiger partial charge on any atom is -0.479 e. The van der Waals surface area contributed by atoms with E-state index in [0.29, 0.717) is 17.9 Å². The van der Waals surface area contributed by atoms with Crippen LogP contribution in [0.3, 0.4) is 0 Å². The second kappa shape index (κ2) is 8.18. The fourth-order valence-electron chi connectivity index (χ4n) is 3.04. The van der Waals surface area contributed by atoms with Crippen LogP contribution in [0.2, 0.25) is 0 Å². The molecule has 0 aliphatic carbocycles. The first-order valence-electron chi connectivity index (χ1n) is 9.10. The number of ether oxygens (including phenoxy) is 1. The van der Waals surface area contributed by atoms with Crippen molar-refractivity contribution in [3.8, 4) is 5.75 Å². The molecule has 0 amide bonds. The Morgan fingerprint density at radius 1 is 1.24 bits per heavy atom. The summed E-state index contributed by atoms with van der Waals surface area (Å²) < 4.78 is 31.0. The summed E-state index contributed by atoms with van der Waals surface area (Å²) in [5.41, 5.74) is 1.94. The van der Waals surface area contributed by atoms with Gasteiger partial charge in [-0.2, -0.15) is 0 Å². The van der Waals surface area contributed by atoms with Crippen molar-refractivity contribution in [2.75, 3.05) is 0 Å². The second-order valence-electron chi connectivity index (χ2n) is 6.75. The maximum Gasteiger partial charge on any atom is 0.310 e. The molecular weight excluding hydrogens is 396 g/mol. The summed E-state index contributed by atoms with van der Waals surface area (Å²) in [6.45, 7) is 4.55. The number of primary sulfonamides is 1. The first kappa shape index (κ1) is 20.7. The zero-order valence-corrected chi connectivity index (χ0v) is 17.0. The highest BCUT2D eigenvalue weighted by Crippen LogP contribution is 2.29. The molecule has 0 spiro atoms. The van der Waals surface area contributed by atoms with Gasteiger partial charge in [0.1, 0.15) is 12.4 Å². The molecule has 0 fully saturated rings. The lowest BCUT2D eigenvalue weighted by molar-refractivity contribution is -0.386. The van der Waals surface area contributed by atoms with Crippen molar-refractivity contribution in [3.05, 3.63) is 57.9 Å². The van der Waals surface area contributed by atoms with E-state index in [0.717, 1.165) is 23.9 Å². The van der Waals surface area contributed by atoms with Gasteiger partial charge in [-0.1, -0.05) is 19.4 Å². The summed E-state index contributed by atoms with van der Waals surface area (Å²) in [5.74, 6) is 0.713. The number of benzene rings is 2. The van der Waals surface area contributed by atoms with Crippen LogP contribution in [0.25, 0.3) is 11.0 Å². The Balaban J connectivity index is 2.00. The van der Waals surface area contributed by atoms with E-state index in [1.54, 1.807) is 18.2 Å². The van der Waals surface area contributed by atoms with Crippen molar-refractivity contribution in [2.24, 2.45) is 5.14 Å². The molecule has 0 radical (unpaired) electrons. The number of sulfonamides is 1. The predicted molar refractivity (Wildman–Crippen MR) is 108 cm³/mol. The lowest BCUT2D eigenvalue weighted by Gasteiger charge is -2.11. The molecule has 154 valence electrons. The van der Waals surface area contributed by atoms with Crippen LogP contribution in [0.1, 0.15) is 31.2 Å². The first-order valence-corrected chi connectivity index (χ1v) is 10.6. The molecule has 0 atom stereocenters. The van der Waals surface area contributed by atoms with Gasteiger partial charge in [-0.3, -0.25) is 10.1 Å². The molecule has 1 aromatic heterocycles. The molecular formula is C19H22N4O5S. The Kier molecular flexibility index (Phi) is 5.85. The smallest absolute Gasteiger partial charge is 0.310 e. The van der Waals surface area contributed by atoms with Crippen molar-refractivity contribution in [3.63, 3.8) is 0 Å². The summed E-state index contributed by atoms with van der Waals surface area (Å²) >= 11 is 0. The molecule has 0 bridgehead atoms. The van der Waals surface area contributed by atoms with E-state index in [2.05, 4.69) is 11.9 Å². The molecule has 3 aromatic rings. The number of unbranched alkanes of at least 4 members (excludes halogenated alkanes) is 1. The number of nitrogens with zero attached hydrogens (tertiary/aromatic N) is 3. The molecule has 0 saturated heterocycles. The third-order valence-electron chi connectivity index (χ3n) is 4.53. The van der Waals surface area contributed by atoms with Crippen LogP contribution in [-0.4, -0.2) is 22.9 Å². The molecule has 2 aromatic carbocycles. The standard InChI is InChI=1S/C19H22N4O5S/c1-3-4-9-22-16-8-6-14(29(20,26)27)11-15(16)21-19(22)12-28-18-10-13(2)5-7-17(18)23(24)25/h5-8,10-11H,3-4,9,12H2,1-2H3,(H2,20,26,27). The summed E-state index contributed by atoms with van der Waals surface area (Å²) in [6.07, 6.45) is 1.85. The van der Waals surface area contributed by atoms with Gasteiger partial charge in [-0.05, 0) is 43.2 Å². The molecule has 0 aliphatic rings. The summed E-state index contributed by atoms with van der Waals surface area (Å²) in [5, 5.41) is 16.5. The van der Waals surface area contributed by atoms with E-state index >= 15 is 0 Å². The van der Waals surface area contributed by atoms with Crippen molar-refractivity contribution >= 4 is 26.7 Å². The van der Waals surface area contributed by atoms with Gasteiger partial charge in [0.2, 0.25) is 10.0 Å². The van der Waals surface area contributed by atoms with Crippen LogP contribution < -0.4 is 9.88 Å². The van der Waals surface area contributed by atoms with Gasteiger partial charge in [0.05, 0.1) is 20.9 Å². The van der Waals surface area contributed by atoms with Crippen molar-refractivity contribution in [1.82, 2.24) is 9.55 Å². The van der Waals surface area contributed by atoms with E-state index in [1.165, 1.54) is 18.2 Å². The molecule has 0 aliphatic heterocycles. The zero-order valence-electron chi connectivity index (χ0n) is 16.2. The topological polar surface area (TPSA) is 130 Å². The van der Waals surface area contributed by atoms with Gasteiger partial charge in [-0.25, -0.2) is 18.5 Å². The molecule has 9 nitrogen and oxygen atoms in total. The fraction of sp³-hybridized carbons (Fsp3) is 0.316. The summed E-state index contributed by atoms with van der Waals surface area (Å²) in [7, 11) is -3.85. The van der Waals surface area contributed by atoms with E-state index in [-0.39, 0.29) is 22.9 Å². The average Bonchev–Trinajstić information content (AvgIpc) is 3.00. The third-order valence-corrected chi connectivity index (χ3v) is 5.44. The van der Waals surface area contributed by atoms with Crippen LogP contribution in [0.4, 0.5) is 5.69 Å². The molecule has 10 heteroatoms. The number of imidazole rings is 1. The maximum atomic E-state index is 11.6. The minimum atomic E-state index is -3.85. The molecule has 2 N–H and O–H groups in total. The van der Waals surface area contributed by atoms with Crippen LogP contribution >= 0.6 is 0 Å². The van der Waals surface area contributed by atoms with Gasteiger partial charge in [0.25, 0.3) is 0 Å². The van der Waals surface area contributed by atoms with E-state index in [4.69, 9.17) is 9.88 Å². The lowest BCUT2D eigenvalue weighted by atomic mass is 10.2. The number of rotatable bonds is 8. The summed E-state index contributed by atoms with van der Waals surface area (Å²) in [4.78, 5) is 15.2. The molecule has 29 heavy (non-hydrogen) atoms. The number of nitrogens with two attached hydrogens (primary N) is 1. The van der Waals surface area contributed by atoms with Gasteiger partial charge >= 0.3 is 5.69 Å². The highest BCUT2D eigenvalue weighted by Gasteiger charge is 2.18. The van der Waals surface area contributed by atoms with Crippen LogP contribution in [-0.2, 0) is 23.2 Å². The quantitative estimate of drug-likeness (QED) is 0.441. The predicted octanol–water partition coefficient (Wildman–Crippen LogP) is 3.28. The molecule has 1 heterocycles. The Morgan fingerprint density at radius 2 is 2.00 bits per heavy atom. The number of aromatic nitrogens is 2.